The van der Waals surface area contributed by atoms with E-state index in [4.69, 9.17) is 4.74 Å². The fourth-order valence-corrected chi connectivity index (χ4v) is 2.27. The van der Waals surface area contributed by atoms with Crippen LogP contribution in [-0.4, -0.2) is 22.7 Å². The van der Waals surface area contributed by atoms with Crippen molar-refractivity contribution in [3.8, 4) is 5.75 Å². The Morgan fingerprint density at radius 2 is 2.00 bits per heavy atom. The van der Waals surface area contributed by atoms with E-state index in [1.165, 1.54) is 11.3 Å². The Bertz CT molecular complexity index is 593. The van der Waals surface area contributed by atoms with Crippen LogP contribution in [0.5, 0.6) is 5.75 Å². The number of aryl methyl sites for hydroxylation is 1. The fraction of sp³-hybridized carbons (Fsp3) is 0.400. The van der Waals surface area contributed by atoms with Gasteiger partial charge in [0.25, 0.3) is 0 Å². The minimum Gasteiger partial charge on any atom is -0.493 e. The van der Waals surface area contributed by atoms with E-state index in [2.05, 4.69) is 29.4 Å². The summed E-state index contributed by atoms with van der Waals surface area (Å²) in [4.78, 5) is 11.9. The smallest absolute Gasteiger partial charge is 0.230 e. The van der Waals surface area contributed by atoms with Crippen molar-refractivity contribution in [2.45, 2.75) is 27.2 Å². The number of ether oxygens (including phenoxy) is 1. The van der Waals surface area contributed by atoms with Gasteiger partial charge in [-0.05, 0) is 30.5 Å². The number of carbonyl (C=O) groups excluding carboxylic acids is 1. The molecule has 1 aromatic carbocycles. The highest BCUT2D eigenvalue weighted by atomic mass is 32.1. The van der Waals surface area contributed by atoms with Gasteiger partial charge < -0.3 is 10.1 Å². The standard InChI is InChI=1S/C15H19N3O2S/c1-10(2)9-20-13-6-4-12(5-7-13)8-14(19)16-15-18-17-11(3)21-15/h4-7,10H,8-9H2,1-3H3,(H,16,18,19). The molecule has 0 radical (unpaired) electrons. The molecule has 0 saturated heterocycles. The summed E-state index contributed by atoms with van der Waals surface area (Å²) in [6.45, 7) is 6.75. The highest BCUT2D eigenvalue weighted by Crippen LogP contribution is 2.16. The van der Waals surface area contributed by atoms with Gasteiger partial charge in [-0.25, -0.2) is 0 Å². The van der Waals surface area contributed by atoms with Crippen molar-refractivity contribution in [1.82, 2.24) is 10.2 Å². The van der Waals surface area contributed by atoms with Crippen LogP contribution >= 0.6 is 11.3 Å². The van der Waals surface area contributed by atoms with E-state index in [-0.39, 0.29) is 5.91 Å². The molecule has 1 amide bonds. The second-order valence-corrected chi connectivity index (χ2v) is 6.38. The zero-order valence-corrected chi connectivity index (χ0v) is 13.2. The second-order valence-electron chi connectivity index (χ2n) is 5.20. The van der Waals surface area contributed by atoms with Crippen molar-refractivity contribution in [3.63, 3.8) is 0 Å². The molecule has 1 aromatic heterocycles. The zero-order chi connectivity index (χ0) is 15.2. The number of benzene rings is 1. The molecule has 1 N–H and O–H groups in total. The third-order valence-corrected chi connectivity index (χ3v) is 3.40. The van der Waals surface area contributed by atoms with Gasteiger partial charge in [-0.15, -0.1) is 10.2 Å². The highest BCUT2D eigenvalue weighted by molar-refractivity contribution is 7.15. The zero-order valence-electron chi connectivity index (χ0n) is 12.4. The number of carbonyl (C=O) groups is 1. The van der Waals surface area contributed by atoms with Gasteiger partial charge in [0.05, 0.1) is 13.0 Å². The van der Waals surface area contributed by atoms with Crippen LogP contribution in [0.3, 0.4) is 0 Å². The number of hydrogen-bond donors (Lipinski definition) is 1. The topological polar surface area (TPSA) is 64.1 Å². The average molecular weight is 305 g/mol. The summed E-state index contributed by atoms with van der Waals surface area (Å²) in [6.07, 6.45) is 0.309. The number of nitrogens with one attached hydrogen (secondary N) is 1. The molecule has 21 heavy (non-hydrogen) atoms. The summed E-state index contributed by atoms with van der Waals surface area (Å²) in [7, 11) is 0. The van der Waals surface area contributed by atoms with Gasteiger partial charge in [-0.3, -0.25) is 4.79 Å². The molecule has 0 atom stereocenters. The summed E-state index contributed by atoms with van der Waals surface area (Å²) >= 11 is 1.36. The monoisotopic (exact) mass is 305 g/mol. The molecule has 112 valence electrons. The number of nitrogens with zero attached hydrogens (tertiary/aromatic N) is 2. The lowest BCUT2D eigenvalue weighted by molar-refractivity contribution is -0.115. The lowest BCUT2D eigenvalue weighted by Gasteiger charge is -2.09. The van der Waals surface area contributed by atoms with Crippen molar-refractivity contribution < 1.29 is 9.53 Å². The van der Waals surface area contributed by atoms with Crippen LogP contribution in [0.4, 0.5) is 5.13 Å². The van der Waals surface area contributed by atoms with Gasteiger partial charge in [0, 0.05) is 0 Å². The molecule has 0 fully saturated rings. The van der Waals surface area contributed by atoms with Gasteiger partial charge in [-0.1, -0.05) is 37.3 Å². The highest BCUT2D eigenvalue weighted by Gasteiger charge is 2.07. The van der Waals surface area contributed by atoms with E-state index in [1.54, 1.807) is 0 Å². The molecule has 1 heterocycles. The molecular weight excluding hydrogens is 286 g/mol. The van der Waals surface area contributed by atoms with Crippen molar-refractivity contribution in [1.29, 1.82) is 0 Å². The van der Waals surface area contributed by atoms with E-state index < -0.39 is 0 Å². The molecule has 5 nitrogen and oxygen atoms in total. The van der Waals surface area contributed by atoms with Crippen molar-refractivity contribution in [3.05, 3.63) is 34.8 Å². The lowest BCUT2D eigenvalue weighted by atomic mass is 10.1. The number of hydrogen-bond acceptors (Lipinski definition) is 5. The van der Waals surface area contributed by atoms with E-state index in [9.17, 15) is 4.79 Å². The number of amides is 1. The predicted octanol–water partition coefficient (Wildman–Crippen LogP) is 3.06. The summed E-state index contributed by atoms with van der Waals surface area (Å²) in [5, 5.41) is 11.8. The van der Waals surface area contributed by atoms with Gasteiger partial charge >= 0.3 is 0 Å². The first-order chi connectivity index (χ1) is 10.0. The summed E-state index contributed by atoms with van der Waals surface area (Å²) in [5.41, 5.74) is 0.936. The minimum absolute atomic E-state index is 0.0954. The first kappa shape index (κ1) is 15.4. The SMILES string of the molecule is Cc1nnc(NC(=O)Cc2ccc(OCC(C)C)cc2)s1. The van der Waals surface area contributed by atoms with Crippen LogP contribution in [0, 0.1) is 12.8 Å². The number of aromatic nitrogens is 2. The summed E-state index contributed by atoms with van der Waals surface area (Å²) in [6, 6.07) is 7.58. The van der Waals surface area contributed by atoms with Crippen LogP contribution in [-0.2, 0) is 11.2 Å². The molecule has 2 aromatic rings. The summed E-state index contributed by atoms with van der Waals surface area (Å²) < 4.78 is 5.61. The Hall–Kier alpha value is -1.95. The molecule has 0 unspecified atom stereocenters. The van der Waals surface area contributed by atoms with Crippen LogP contribution < -0.4 is 10.1 Å². The number of anilines is 1. The van der Waals surface area contributed by atoms with E-state index in [0.29, 0.717) is 24.1 Å². The van der Waals surface area contributed by atoms with Crippen LogP contribution in [0.2, 0.25) is 0 Å². The molecule has 6 heteroatoms. The Labute approximate surface area is 128 Å². The first-order valence-corrected chi connectivity index (χ1v) is 7.66. The molecule has 0 spiro atoms. The van der Waals surface area contributed by atoms with E-state index in [0.717, 1.165) is 16.3 Å². The Morgan fingerprint density at radius 1 is 1.29 bits per heavy atom. The quantitative estimate of drug-likeness (QED) is 0.891. The van der Waals surface area contributed by atoms with Gasteiger partial charge in [-0.2, -0.15) is 0 Å². The Kier molecular flexibility index (Phi) is 5.27. The van der Waals surface area contributed by atoms with Crippen molar-refractivity contribution in [2.24, 2.45) is 5.92 Å². The van der Waals surface area contributed by atoms with Gasteiger partial charge in [0.1, 0.15) is 10.8 Å². The Morgan fingerprint density at radius 3 is 2.57 bits per heavy atom. The maximum absolute atomic E-state index is 11.9. The molecular formula is C15H19N3O2S. The second kappa shape index (κ2) is 7.17. The molecule has 2 rings (SSSR count). The molecule has 0 bridgehead atoms. The van der Waals surface area contributed by atoms with E-state index in [1.807, 2.05) is 31.2 Å². The summed E-state index contributed by atoms with van der Waals surface area (Å²) in [5.74, 6) is 1.22. The van der Waals surface area contributed by atoms with Crippen molar-refractivity contribution >= 4 is 22.4 Å². The third-order valence-electron chi connectivity index (χ3n) is 2.64. The van der Waals surface area contributed by atoms with E-state index >= 15 is 0 Å². The normalized spacial score (nSPS) is 10.7. The van der Waals surface area contributed by atoms with Crippen LogP contribution in [0.1, 0.15) is 24.4 Å². The maximum atomic E-state index is 11.9. The lowest BCUT2D eigenvalue weighted by Crippen LogP contribution is -2.14. The third kappa shape index (κ3) is 5.15. The first-order valence-electron chi connectivity index (χ1n) is 6.84. The predicted molar refractivity (Wildman–Crippen MR) is 83.8 cm³/mol. The number of rotatable bonds is 6. The fourth-order valence-electron chi connectivity index (χ4n) is 1.66. The average Bonchev–Trinajstić information content (AvgIpc) is 2.83. The molecule has 0 aliphatic carbocycles. The Balaban J connectivity index is 1.86. The maximum Gasteiger partial charge on any atom is 0.230 e. The minimum atomic E-state index is -0.0954. The molecule has 0 aliphatic heterocycles. The van der Waals surface area contributed by atoms with Crippen LogP contribution in [0.25, 0.3) is 0 Å². The van der Waals surface area contributed by atoms with Crippen molar-refractivity contribution in [2.75, 3.05) is 11.9 Å². The van der Waals surface area contributed by atoms with Crippen LogP contribution in [0.15, 0.2) is 24.3 Å². The molecule has 0 aliphatic rings. The largest absolute Gasteiger partial charge is 0.493 e. The molecule has 0 saturated carbocycles. The van der Waals surface area contributed by atoms with Gasteiger partial charge in [0.15, 0.2) is 0 Å². The van der Waals surface area contributed by atoms with Gasteiger partial charge in [0.2, 0.25) is 11.0 Å².